The Labute approximate surface area is 123 Å². The van der Waals surface area contributed by atoms with Crippen LogP contribution in [0.15, 0.2) is 18.2 Å². The predicted octanol–water partition coefficient (Wildman–Crippen LogP) is 1.28. The van der Waals surface area contributed by atoms with Gasteiger partial charge in [-0.15, -0.1) is 0 Å². The first-order valence-electron chi connectivity index (χ1n) is 7.15. The zero-order chi connectivity index (χ0) is 15.4. The summed E-state index contributed by atoms with van der Waals surface area (Å²) in [5.41, 5.74) is 1.99. The third kappa shape index (κ3) is 3.71. The SMILES string of the molecule is Cc1cc(C)n(CCNC(=O)[C@@H]2CC=CC[C@@H]2C(=O)O)n1. The molecule has 114 valence electrons. The molecule has 6 heteroatoms. The van der Waals surface area contributed by atoms with E-state index in [1.807, 2.05) is 36.7 Å². The van der Waals surface area contributed by atoms with Gasteiger partial charge in [0.05, 0.1) is 24.1 Å². The number of carboxylic acid groups (broad SMARTS) is 1. The lowest BCUT2D eigenvalue weighted by molar-refractivity contribution is -0.147. The van der Waals surface area contributed by atoms with E-state index in [1.54, 1.807) is 0 Å². The molecule has 1 aromatic heterocycles. The highest BCUT2D eigenvalue weighted by molar-refractivity contribution is 5.85. The van der Waals surface area contributed by atoms with Crippen molar-refractivity contribution in [2.45, 2.75) is 33.2 Å². The van der Waals surface area contributed by atoms with Crippen molar-refractivity contribution in [1.29, 1.82) is 0 Å². The summed E-state index contributed by atoms with van der Waals surface area (Å²) in [7, 11) is 0. The minimum Gasteiger partial charge on any atom is -0.481 e. The molecule has 0 aliphatic heterocycles. The fourth-order valence-electron chi connectivity index (χ4n) is 2.69. The van der Waals surface area contributed by atoms with Crippen LogP contribution in [0.5, 0.6) is 0 Å². The molecule has 21 heavy (non-hydrogen) atoms. The molecule has 0 aromatic carbocycles. The summed E-state index contributed by atoms with van der Waals surface area (Å²) in [6, 6.07) is 1.98. The molecule has 0 spiro atoms. The summed E-state index contributed by atoms with van der Waals surface area (Å²) < 4.78 is 1.84. The van der Waals surface area contributed by atoms with Gasteiger partial charge in [0.1, 0.15) is 0 Å². The Morgan fingerprint density at radius 2 is 2.00 bits per heavy atom. The lowest BCUT2D eigenvalue weighted by Gasteiger charge is -2.24. The molecule has 2 atom stereocenters. The monoisotopic (exact) mass is 291 g/mol. The van der Waals surface area contributed by atoms with E-state index in [-0.39, 0.29) is 5.91 Å². The highest BCUT2D eigenvalue weighted by Crippen LogP contribution is 2.25. The number of aliphatic carboxylic acids is 1. The second kappa shape index (κ2) is 6.56. The summed E-state index contributed by atoms with van der Waals surface area (Å²) in [5.74, 6) is -2.19. The number of rotatable bonds is 5. The van der Waals surface area contributed by atoms with Gasteiger partial charge in [-0.25, -0.2) is 0 Å². The highest BCUT2D eigenvalue weighted by atomic mass is 16.4. The first-order chi connectivity index (χ1) is 9.99. The third-order valence-electron chi connectivity index (χ3n) is 3.81. The van der Waals surface area contributed by atoms with Gasteiger partial charge in [-0.05, 0) is 32.8 Å². The Bertz CT molecular complexity index is 563. The standard InChI is InChI=1S/C15H21N3O3/c1-10-9-11(2)18(17-10)8-7-16-14(19)12-5-3-4-6-13(12)15(20)21/h3-4,9,12-13H,5-8H2,1-2H3,(H,16,19)(H,20,21)/t12-,13+/m1/s1. The molecule has 2 rings (SSSR count). The second-order valence-corrected chi connectivity index (χ2v) is 5.44. The summed E-state index contributed by atoms with van der Waals surface area (Å²) in [5, 5.41) is 16.3. The van der Waals surface area contributed by atoms with E-state index >= 15 is 0 Å². The molecule has 1 heterocycles. The maximum absolute atomic E-state index is 12.2. The molecule has 0 unspecified atom stereocenters. The number of nitrogens with zero attached hydrogens (tertiary/aromatic N) is 2. The number of nitrogens with one attached hydrogen (secondary N) is 1. The number of hydrogen-bond donors (Lipinski definition) is 2. The third-order valence-corrected chi connectivity index (χ3v) is 3.81. The molecule has 1 aliphatic rings. The van der Waals surface area contributed by atoms with Gasteiger partial charge in [0.2, 0.25) is 5.91 Å². The minimum absolute atomic E-state index is 0.187. The van der Waals surface area contributed by atoms with E-state index in [0.717, 1.165) is 11.4 Å². The van der Waals surface area contributed by atoms with Crippen molar-refractivity contribution in [2.24, 2.45) is 11.8 Å². The average Bonchev–Trinajstić information content (AvgIpc) is 2.77. The van der Waals surface area contributed by atoms with E-state index in [9.17, 15) is 14.7 Å². The number of aromatic nitrogens is 2. The van der Waals surface area contributed by atoms with Crippen LogP contribution in [-0.4, -0.2) is 33.3 Å². The molecule has 6 nitrogen and oxygen atoms in total. The lowest BCUT2D eigenvalue weighted by atomic mass is 9.82. The lowest BCUT2D eigenvalue weighted by Crippen LogP contribution is -2.40. The van der Waals surface area contributed by atoms with Crippen LogP contribution in [0.3, 0.4) is 0 Å². The molecule has 1 aromatic rings. The van der Waals surface area contributed by atoms with Crippen molar-refractivity contribution >= 4 is 11.9 Å². The van der Waals surface area contributed by atoms with Crippen LogP contribution >= 0.6 is 0 Å². The molecule has 2 N–H and O–H groups in total. The van der Waals surface area contributed by atoms with Gasteiger partial charge >= 0.3 is 5.97 Å². The molecule has 0 radical (unpaired) electrons. The van der Waals surface area contributed by atoms with E-state index in [0.29, 0.717) is 25.9 Å². The summed E-state index contributed by atoms with van der Waals surface area (Å²) in [6.07, 6.45) is 4.62. The summed E-state index contributed by atoms with van der Waals surface area (Å²) >= 11 is 0. The molecule has 1 amide bonds. The Balaban J connectivity index is 1.88. The number of carbonyl (C=O) groups excluding carboxylic acids is 1. The van der Waals surface area contributed by atoms with Gasteiger partial charge in [0, 0.05) is 12.2 Å². The van der Waals surface area contributed by atoms with Crippen LogP contribution in [0, 0.1) is 25.7 Å². The van der Waals surface area contributed by atoms with Crippen LogP contribution in [0.1, 0.15) is 24.2 Å². The number of carboxylic acids is 1. The largest absolute Gasteiger partial charge is 0.481 e. The van der Waals surface area contributed by atoms with E-state index in [1.165, 1.54) is 0 Å². The fraction of sp³-hybridized carbons (Fsp3) is 0.533. The van der Waals surface area contributed by atoms with Crippen molar-refractivity contribution in [3.05, 3.63) is 29.6 Å². The van der Waals surface area contributed by atoms with Crippen LogP contribution in [-0.2, 0) is 16.1 Å². The van der Waals surface area contributed by atoms with E-state index in [2.05, 4.69) is 10.4 Å². The minimum atomic E-state index is -0.905. The van der Waals surface area contributed by atoms with Gasteiger partial charge in [-0.1, -0.05) is 12.2 Å². The number of amides is 1. The van der Waals surface area contributed by atoms with Gasteiger partial charge in [0.25, 0.3) is 0 Å². The predicted molar refractivity (Wildman–Crippen MR) is 77.7 cm³/mol. The molecule has 0 saturated carbocycles. The Morgan fingerprint density at radius 3 is 2.57 bits per heavy atom. The fourth-order valence-corrected chi connectivity index (χ4v) is 2.69. The van der Waals surface area contributed by atoms with E-state index in [4.69, 9.17) is 0 Å². The normalized spacial score (nSPS) is 21.2. The van der Waals surface area contributed by atoms with Crippen molar-refractivity contribution in [2.75, 3.05) is 6.54 Å². The molecule has 0 bridgehead atoms. The maximum atomic E-state index is 12.2. The summed E-state index contributed by atoms with van der Waals surface area (Å²) in [4.78, 5) is 23.3. The van der Waals surface area contributed by atoms with Crippen LogP contribution in [0.2, 0.25) is 0 Å². The van der Waals surface area contributed by atoms with Crippen molar-refractivity contribution < 1.29 is 14.7 Å². The van der Waals surface area contributed by atoms with Gasteiger partial charge in [0.15, 0.2) is 0 Å². The molecule has 0 saturated heterocycles. The Hall–Kier alpha value is -2.11. The molecule has 1 aliphatic carbocycles. The Kier molecular flexibility index (Phi) is 4.77. The average molecular weight is 291 g/mol. The second-order valence-electron chi connectivity index (χ2n) is 5.44. The van der Waals surface area contributed by atoms with Gasteiger partial charge in [-0.2, -0.15) is 5.10 Å². The van der Waals surface area contributed by atoms with Crippen molar-refractivity contribution in [3.8, 4) is 0 Å². The summed E-state index contributed by atoms with van der Waals surface area (Å²) in [6.45, 7) is 4.93. The zero-order valence-electron chi connectivity index (χ0n) is 12.4. The maximum Gasteiger partial charge on any atom is 0.307 e. The molecule has 0 fully saturated rings. The first-order valence-corrected chi connectivity index (χ1v) is 7.15. The number of allylic oxidation sites excluding steroid dienone is 2. The van der Waals surface area contributed by atoms with Crippen LogP contribution in [0.25, 0.3) is 0 Å². The molecular weight excluding hydrogens is 270 g/mol. The first kappa shape index (κ1) is 15.3. The van der Waals surface area contributed by atoms with E-state index < -0.39 is 17.8 Å². The van der Waals surface area contributed by atoms with Crippen molar-refractivity contribution in [3.63, 3.8) is 0 Å². The Morgan fingerprint density at radius 1 is 1.33 bits per heavy atom. The van der Waals surface area contributed by atoms with Crippen LogP contribution < -0.4 is 5.32 Å². The van der Waals surface area contributed by atoms with Gasteiger partial charge in [-0.3, -0.25) is 14.3 Å². The quantitative estimate of drug-likeness (QED) is 0.800. The number of carbonyl (C=O) groups is 2. The number of aryl methyl sites for hydroxylation is 2. The van der Waals surface area contributed by atoms with Gasteiger partial charge < -0.3 is 10.4 Å². The zero-order valence-corrected chi connectivity index (χ0v) is 12.4. The van der Waals surface area contributed by atoms with Crippen molar-refractivity contribution in [1.82, 2.24) is 15.1 Å². The molecular formula is C15H21N3O3. The highest BCUT2D eigenvalue weighted by Gasteiger charge is 2.33. The number of hydrogen-bond acceptors (Lipinski definition) is 3. The topological polar surface area (TPSA) is 84.2 Å². The smallest absolute Gasteiger partial charge is 0.307 e. The van der Waals surface area contributed by atoms with Crippen LogP contribution in [0.4, 0.5) is 0 Å².